The molecule has 0 aliphatic heterocycles. The lowest BCUT2D eigenvalue weighted by Gasteiger charge is -2.05. The number of hydrogen-bond donors (Lipinski definition) is 1. The van der Waals surface area contributed by atoms with Crippen LogP contribution in [0.15, 0.2) is 18.2 Å². The highest BCUT2D eigenvalue weighted by atomic mass is 35.5. The molecule has 2 N–H and O–H groups in total. The molecule has 0 saturated heterocycles. The first-order valence-corrected chi connectivity index (χ1v) is 5.49. The quantitative estimate of drug-likeness (QED) is 0.867. The zero-order valence-corrected chi connectivity index (χ0v) is 9.46. The first-order chi connectivity index (χ1) is 7.27. The average Bonchev–Trinajstić information content (AvgIpc) is 2.59. The molecule has 0 amide bonds. The van der Waals surface area contributed by atoms with Gasteiger partial charge in [0.1, 0.15) is 11.3 Å². The second-order valence-corrected chi connectivity index (χ2v) is 3.84. The second-order valence-electron chi connectivity index (χ2n) is 3.43. The van der Waals surface area contributed by atoms with Gasteiger partial charge in [-0.15, -0.1) is 0 Å². The number of benzene rings is 1. The van der Waals surface area contributed by atoms with Gasteiger partial charge in [0, 0.05) is 19.5 Å². The molecule has 0 spiro atoms. The summed E-state index contributed by atoms with van der Waals surface area (Å²) < 4.78 is 2.14. The Balaban J connectivity index is 2.68. The Morgan fingerprint density at radius 2 is 2.27 bits per heavy atom. The summed E-state index contributed by atoms with van der Waals surface area (Å²) in [5, 5.41) is 0.706. The van der Waals surface area contributed by atoms with E-state index in [1.165, 1.54) is 0 Å². The van der Waals surface area contributed by atoms with Crippen molar-refractivity contribution in [1.29, 1.82) is 0 Å². The first kappa shape index (κ1) is 10.5. The van der Waals surface area contributed by atoms with Crippen molar-refractivity contribution in [3.05, 3.63) is 29.0 Å². The van der Waals surface area contributed by atoms with Crippen molar-refractivity contribution in [2.24, 2.45) is 5.73 Å². The summed E-state index contributed by atoms with van der Waals surface area (Å²) in [6.45, 7) is 3.49. The van der Waals surface area contributed by atoms with Crippen LogP contribution in [0, 0.1) is 0 Å². The second kappa shape index (κ2) is 4.21. The maximum absolute atomic E-state index is 6.09. The fourth-order valence-corrected chi connectivity index (χ4v) is 2.02. The number of para-hydroxylation sites is 1. The van der Waals surface area contributed by atoms with Gasteiger partial charge in [-0.1, -0.05) is 24.6 Å². The van der Waals surface area contributed by atoms with Crippen molar-refractivity contribution in [2.45, 2.75) is 19.9 Å². The highest BCUT2D eigenvalue weighted by Crippen LogP contribution is 2.23. The Hall–Kier alpha value is -1.06. The maximum atomic E-state index is 6.09. The lowest BCUT2D eigenvalue weighted by Crippen LogP contribution is -2.12. The van der Waals surface area contributed by atoms with Crippen LogP contribution in [0.2, 0.25) is 5.02 Å². The normalized spacial score (nSPS) is 11.1. The summed E-state index contributed by atoms with van der Waals surface area (Å²) in [7, 11) is 0. The van der Waals surface area contributed by atoms with E-state index >= 15 is 0 Å². The molecule has 0 fully saturated rings. The van der Waals surface area contributed by atoms with Crippen molar-refractivity contribution in [3.63, 3.8) is 0 Å². The fraction of sp³-hybridized carbons (Fsp3) is 0.364. The van der Waals surface area contributed by atoms with Crippen LogP contribution >= 0.6 is 11.6 Å². The summed E-state index contributed by atoms with van der Waals surface area (Å²) in [5.74, 6) is 1.04. The van der Waals surface area contributed by atoms with Gasteiger partial charge >= 0.3 is 0 Å². The van der Waals surface area contributed by atoms with Gasteiger partial charge < -0.3 is 10.3 Å². The van der Waals surface area contributed by atoms with Gasteiger partial charge in [0.25, 0.3) is 0 Å². The predicted octanol–water partition coefficient (Wildman–Crippen LogP) is 2.21. The van der Waals surface area contributed by atoms with Gasteiger partial charge in [-0.2, -0.15) is 0 Å². The Morgan fingerprint density at radius 3 is 2.93 bits per heavy atom. The molecule has 0 bridgehead atoms. The predicted molar refractivity (Wildman–Crippen MR) is 63.2 cm³/mol. The van der Waals surface area contributed by atoms with Crippen LogP contribution in [0.4, 0.5) is 0 Å². The molecule has 80 valence electrons. The van der Waals surface area contributed by atoms with E-state index in [-0.39, 0.29) is 0 Å². The number of nitrogens with zero attached hydrogens (tertiary/aromatic N) is 2. The molecule has 0 aliphatic carbocycles. The molecule has 0 atom stereocenters. The van der Waals surface area contributed by atoms with Crippen LogP contribution in [0.25, 0.3) is 11.0 Å². The maximum Gasteiger partial charge on any atom is 0.109 e. The molecular formula is C11H14ClN3. The molecule has 2 aromatic rings. The smallest absolute Gasteiger partial charge is 0.109 e. The van der Waals surface area contributed by atoms with E-state index in [1.54, 1.807) is 0 Å². The molecule has 1 aromatic heterocycles. The first-order valence-electron chi connectivity index (χ1n) is 5.11. The zero-order valence-electron chi connectivity index (χ0n) is 8.70. The summed E-state index contributed by atoms with van der Waals surface area (Å²) >= 11 is 6.09. The standard InChI is InChI=1S/C11H14ClN3/c1-2-10-14-11-8(12)4-3-5-9(11)15(10)7-6-13/h3-5H,2,6-7,13H2,1H3. The number of nitrogens with two attached hydrogens (primary N) is 1. The monoisotopic (exact) mass is 223 g/mol. The molecule has 3 nitrogen and oxygen atoms in total. The number of halogens is 1. The van der Waals surface area contributed by atoms with Gasteiger partial charge in [-0.05, 0) is 12.1 Å². The minimum absolute atomic E-state index is 0.616. The minimum atomic E-state index is 0.616. The minimum Gasteiger partial charge on any atom is -0.329 e. The zero-order chi connectivity index (χ0) is 10.8. The summed E-state index contributed by atoms with van der Waals surface area (Å²) in [5.41, 5.74) is 7.54. The van der Waals surface area contributed by atoms with E-state index < -0.39 is 0 Å². The average molecular weight is 224 g/mol. The van der Waals surface area contributed by atoms with Crippen LogP contribution < -0.4 is 5.73 Å². The van der Waals surface area contributed by atoms with E-state index in [0.29, 0.717) is 11.6 Å². The van der Waals surface area contributed by atoms with E-state index in [0.717, 1.165) is 29.8 Å². The van der Waals surface area contributed by atoms with Gasteiger partial charge in [-0.25, -0.2) is 4.98 Å². The molecule has 2 rings (SSSR count). The van der Waals surface area contributed by atoms with Gasteiger partial charge in [0.2, 0.25) is 0 Å². The molecule has 1 heterocycles. The van der Waals surface area contributed by atoms with Gasteiger partial charge in [0.15, 0.2) is 0 Å². The third-order valence-corrected chi connectivity index (χ3v) is 2.78. The number of rotatable bonds is 3. The summed E-state index contributed by atoms with van der Waals surface area (Å²) in [6.07, 6.45) is 0.894. The van der Waals surface area contributed by atoms with Gasteiger partial charge in [0.05, 0.1) is 10.5 Å². The topological polar surface area (TPSA) is 43.8 Å². The number of aryl methyl sites for hydroxylation is 1. The Labute approximate surface area is 93.9 Å². The summed E-state index contributed by atoms with van der Waals surface area (Å²) in [6, 6.07) is 5.84. The van der Waals surface area contributed by atoms with Crippen molar-refractivity contribution < 1.29 is 0 Å². The number of hydrogen-bond acceptors (Lipinski definition) is 2. The SMILES string of the molecule is CCc1nc2c(Cl)cccc2n1CCN. The van der Waals surface area contributed by atoms with Crippen molar-refractivity contribution in [3.8, 4) is 0 Å². The lowest BCUT2D eigenvalue weighted by molar-refractivity contribution is 0.684. The molecule has 4 heteroatoms. The van der Waals surface area contributed by atoms with E-state index in [4.69, 9.17) is 17.3 Å². The molecule has 0 unspecified atom stereocenters. The van der Waals surface area contributed by atoms with Crippen LogP contribution in [0.1, 0.15) is 12.7 Å². The van der Waals surface area contributed by atoms with Crippen LogP contribution in [0.5, 0.6) is 0 Å². The molecule has 0 saturated carbocycles. The van der Waals surface area contributed by atoms with Crippen molar-refractivity contribution >= 4 is 22.6 Å². The van der Waals surface area contributed by atoms with Crippen LogP contribution in [0.3, 0.4) is 0 Å². The van der Waals surface area contributed by atoms with E-state index in [9.17, 15) is 0 Å². The number of fused-ring (bicyclic) bond motifs is 1. The van der Waals surface area contributed by atoms with Crippen molar-refractivity contribution in [1.82, 2.24) is 9.55 Å². The van der Waals surface area contributed by atoms with E-state index in [1.807, 2.05) is 18.2 Å². The number of imidazole rings is 1. The summed E-state index contributed by atoms with van der Waals surface area (Å²) in [4.78, 5) is 4.52. The highest BCUT2D eigenvalue weighted by molar-refractivity contribution is 6.34. The largest absolute Gasteiger partial charge is 0.329 e. The molecule has 0 radical (unpaired) electrons. The Morgan fingerprint density at radius 1 is 1.47 bits per heavy atom. The molecule has 1 aromatic carbocycles. The van der Waals surface area contributed by atoms with E-state index in [2.05, 4.69) is 16.5 Å². The number of aromatic nitrogens is 2. The Kier molecular flexibility index (Phi) is 2.93. The molecular weight excluding hydrogens is 210 g/mol. The molecule has 0 aliphatic rings. The molecule has 15 heavy (non-hydrogen) atoms. The fourth-order valence-electron chi connectivity index (χ4n) is 1.81. The Bertz CT molecular complexity index is 476. The van der Waals surface area contributed by atoms with Crippen molar-refractivity contribution in [2.75, 3.05) is 6.54 Å². The van der Waals surface area contributed by atoms with Gasteiger partial charge in [-0.3, -0.25) is 0 Å². The third kappa shape index (κ3) is 1.73. The third-order valence-electron chi connectivity index (χ3n) is 2.48. The highest BCUT2D eigenvalue weighted by Gasteiger charge is 2.10. The van der Waals surface area contributed by atoms with Crippen LogP contribution in [-0.4, -0.2) is 16.1 Å². The lowest BCUT2D eigenvalue weighted by atomic mass is 10.3. The van der Waals surface area contributed by atoms with Crippen LogP contribution in [-0.2, 0) is 13.0 Å².